The standard InChI is InChI=1S/C20H17BrClN3O/c21-16-3-1-2-14-15(16)11-24(20(14)26)9-8-19-23-17-10-12(22)4-7-18(17)25(19)13-5-6-13/h1-4,7,10,13H,5-6,8-9,11H2. The molecule has 0 N–H and O–H groups in total. The lowest BCUT2D eigenvalue weighted by Gasteiger charge is -2.16. The lowest BCUT2D eigenvalue weighted by atomic mass is 10.1. The van der Waals surface area contributed by atoms with E-state index in [1.165, 1.54) is 12.8 Å². The fourth-order valence-corrected chi connectivity index (χ4v) is 4.46. The zero-order valence-corrected chi connectivity index (χ0v) is 16.4. The van der Waals surface area contributed by atoms with Gasteiger partial charge in [-0.3, -0.25) is 4.79 Å². The summed E-state index contributed by atoms with van der Waals surface area (Å²) in [7, 11) is 0. The lowest BCUT2D eigenvalue weighted by Crippen LogP contribution is -2.27. The van der Waals surface area contributed by atoms with Crippen LogP contribution in [0.25, 0.3) is 11.0 Å². The lowest BCUT2D eigenvalue weighted by molar-refractivity contribution is 0.0779. The molecule has 0 radical (unpaired) electrons. The van der Waals surface area contributed by atoms with Gasteiger partial charge in [0.2, 0.25) is 0 Å². The number of aromatic nitrogens is 2. The van der Waals surface area contributed by atoms with Crippen molar-refractivity contribution in [1.29, 1.82) is 0 Å². The molecule has 132 valence electrons. The highest BCUT2D eigenvalue weighted by molar-refractivity contribution is 9.10. The van der Waals surface area contributed by atoms with Crippen molar-refractivity contribution in [2.24, 2.45) is 0 Å². The second-order valence-electron chi connectivity index (χ2n) is 7.00. The van der Waals surface area contributed by atoms with E-state index in [9.17, 15) is 4.79 Å². The number of fused-ring (bicyclic) bond motifs is 2. The van der Waals surface area contributed by atoms with Crippen molar-refractivity contribution in [2.45, 2.75) is 31.8 Å². The van der Waals surface area contributed by atoms with Gasteiger partial charge >= 0.3 is 0 Å². The molecule has 6 heteroatoms. The first-order valence-corrected chi connectivity index (χ1v) is 10.0. The van der Waals surface area contributed by atoms with E-state index in [0.717, 1.165) is 38.9 Å². The van der Waals surface area contributed by atoms with Crippen molar-refractivity contribution in [3.8, 4) is 0 Å². The summed E-state index contributed by atoms with van der Waals surface area (Å²) in [5.74, 6) is 1.16. The Balaban J connectivity index is 1.42. The van der Waals surface area contributed by atoms with Crippen LogP contribution in [0.3, 0.4) is 0 Å². The Kier molecular flexibility index (Phi) is 3.83. The summed E-state index contributed by atoms with van der Waals surface area (Å²) in [6.45, 7) is 1.33. The molecule has 0 unspecified atom stereocenters. The zero-order valence-electron chi connectivity index (χ0n) is 14.1. The van der Waals surface area contributed by atoms with Gasteiger partial charge in [0.25, 0.3) is 5.91 Å². The first-order valence-electron chi connectivity index (χ1n) is 8.85. The number of carbonyl (C=O) groups is 1. The van der Waals surface area contributed by atoms with Crippen LogP contribution >= 0.6 is 27.5 Å². The second-order valence-corrected chi connectivity index (χ2v) is 8.30. The smallest absolute Gasteiger partial charge is 0.254 e. The molecular formula is C20H17BrClN3O. The highest BCUT2D eigenvalue weighted by atomic mass is 79.9. The van der Waals surface area contributed by atoms with Gasteiger partial charge in [-0.1, -0.05) is 33.6 Å². The second kappa shape index (κ2) is 6.10. The SMILES string of the molecule is O=C1c2cccc(Br)c2CN1CCc1nc2cc(Cl)ccc2n1C1CC1. The number of halogens is 2. The third-order valence-electron chi connectivity index (χ3n) is 5.23. The Morgan fingerprint density at radius 1 is 1.23 bits per heavy atom. The van der Waals surface area contributed by atoms with Crippen LogP contribution in [0.2, 0.25) is 5.02 Å². The molecule has 0 saturated heterocycles. The third kappa shape index (κ3) is 2.65. The van der Waals surface area contributed by atoms with Gasteiger partial charge in [-0.25, -0.2) is 4.98 Å². The molecule has 2 heterocycles. The number of hydrogen-bond donors (Lipinski definition) is 0. The molecule has 3 aromatic rings. The highest BCUT2D eigenvalue weighted by Crippen LogP contribution is 2.39. The van der Waals surface area contributed by atoms with Crippen molar-refractivity contribution in [3.63, 3.8) is 0 Å². The highest BCUT2D eigenvalue weighted by Gasteiger charge is 2.31. The number of carbonyl (C=O) groups excluding carboxylic acids is 1. The van der Waals surface area contributed by atoms with E-state index in [1.807, 2.05) is 35.2 Å². The molecule has 0 atom stereocenters. The summed E-state index contributed by atoms with van der Waals surface area (Å²) in [6.07, 6.45) is 3.14. The Labute approximate surface area is 164 Å². The summed E-state index contributed by atoms with van der Waals surface area (Å²) < 4.78 is 3.35. The van der Waals surface area contributed by atoms with E-state index in [0.29, 0.717) is 24.2 Å². The number of nitrogens with zero attached hydrogens (tertiary/aromatic N) is 3. The van der Waals surface area contributed by atoms with Crippen LogP contribution in [-0.2, 0) is 13.0 Å². The molecule has 0 bridgehead atoms. The number of hydrogen-bond acceptors (Lipinski definition) is 2. The van der Waals surface area contributed by atoms with E-state index in [1.54, 1.807) is 0 Å². The summed E-state index contributed by atoms with van der Waals surface area (Å²) >= 11 is 9.69. The average molecular weight is 431 g/mol. The number of amides is 1. The van der Waals surface area contributed by atoms with E-state index in [2.05, 4.69) is 26.6 Å². The van der Waals surface area contributed by atoms with E-state index < -0.39 is 0 Å². The first-order chi connectivity index (χ1) is 12.6. The number of rotatable bonds is 4. The predicted octanol–water partition coefficient (Wildman–Crippen LogP) is 4.99. The van der Waals surface area contributed by atoms with Crippen LogP contribution in [0.4, 0.5) is 0 Å². The predicted molar refractivity (Wildman–Crippen MR) is 106 cm³/mol. The van der Waals surface area contributed by atoms with Gasteiger partial charge in [-0.15, -0.1) is 0 Å². The van der Waals surface area contributed by atoms with Crippen LogP contribution < -0.4 is 0 Å². The molecule has 5 rings (SSSR count). The molecule has 4 nitrogen and oxygen atoms in total. The molecule has 1 fully saturated rings. The van der Waals surface area contributed by atoms with Crippen LogP contribution in [0.15, 0.2) is 40.9 Å². The van der Waals surface area contributed by atoms with Crippen molar-refractivity contribution < 1.29 is 4.79 Å². The van der Waals surface area contributed by atoms with Gasteiger partial charge in [-0.05, 0) is 48.7 Å². The van der Waals surface area contributed by atoms with Gasteiger partial charge < -0.3 is 9.47 Å². The fraction of sp³-hybridized carbons (Fsp3) is 0.300. The Morgan fingerprint density at radius 3 is 2.85 bits per heavy atom. The van der Waals surface area contributed by atoms with Gasteiger partial charge in [0.1, 0.15) is 5.82 Å². The third-order valence-corrected chi connectivity index (χ3v) is 6.21. The molecule has 1 aliphatic heterocycles. The fourth-order valence-electron chi connectivity index (χ4n) is 3.81. The summed E-state index contributed by atoms with van der Waals surface area (Å²) in [4.78, 5) is 19.4. The van der Waals surface area contributed by atoms with Crippen LogP contribution in [0.1, 0.15) is 40.6 Å². The molecule has 2 aromatic carbocycles. The van der Waals surface area contributed by atoms with E-state index in [4.69, 9.17) is 16.6 Å². The van der Waals surface area contributed by atoms with Gasteiger partial charge in [0.15, 0.2) is 0 Å². The summed E-state index contributed by atoms with van der Waals surface area (Å²) in [6, 6.07) is 12.3. The molecule has 26 heavy (non-hydrogen) atoms. The maximum atomic E-state index is 12.7. The van der Waals surface area contributed by atoms with Crippen molar-refractivity contribution >= 4 is 44.5 Å². The molecule has 2 aliphatic rings. The average Bonchev–Trinajstić information content (AvgIpc) is 3.32. The van der Waals surface area contributed by atoms with E-state index >= 15 is 0 Å². The Bertz CT molecular complexity index is 1040. The maximum Gasteiger partial charge on any atom is 0.254 e. The summed E-state index contributed by atoms with van der Waals surface area (Å²) in [5.41, 5.74) is 3.98. The number of benzene rings is 2. The largest absolute Gasteiger partial charge is 0.334 e. The summed E-state index contributed by atoms with van der Waals surface area (Å²) in [5, 5.41) is 0.708. The molecule has 1 saturated carbocycles. The Morgan fingerprint density at radius 2 is 2.08 bits per heavy atom. The normalized spacial score (nSPS) is 16.5. The van der Waals surface area contributed by atoms with E-state index in [-0.39, 0.29) is 5.91 Å². The van der Waals surface area contributed by atoms with Gasteiger partial charge in [0.05, 0.1) is 11.0 Å². The molecule has 1 aromatic heterocycles. The first kappa shape index (κ1) is 16.3. The zero-order chi connectivity index (χ0) is 17.8. The minimum Gasteiger partial charge on any atom is -0.334 e. The minimum atomic E-state index is 0.110. The molecule has 1 aliphatic carbocycles. The van der Waals surface area contributed by atoms with Crippen molar-refractivity contribution in [3.05, 3.63) is 62.8 Å². The van der Waals surface area contributed by atoms with Crippen LogP contribution in [0, 0.1) is 0 Å². The quantitative estimate of drug-likeness (QED) is 0.585. The van der Waals surface area contributed by atoms with Crippen molar-refractivity contribution in [1.82, 2.24) is 14.5 Å². The topological polar surface area (TPSA) is 38.1 Å². The van der Waals surface area contributed by atoms with Gasteiger partial charge in [-0.2, -0.15) is 0 Å². The van der Waals surface area contributed by atoms with Gasteiger partial charge in [0, 0.05) is 40.6 Å². The van der Waals surface area contributed by atoms with Crippen LogP contribution in [0.5, 0.6) is 0 Å². The van der Waals surface area contributed by atoms with Crippen molar-refractivity contribution in [2.75, 3.05) is 6.54 Å². The molecule has 0 spiro atoms. The molecule has 1 amide bonds. The molecular weight excluding hydrogens is 414 g/mol. The maximum absolute atomic E-state index is 12.7. The minimum absolute atomic E-state index is 0.110. The van der Waals surface area contributed by atoms with Crippen LogP contribution in [-0.4, -0.2) is 26.9 Å². The monoisotopic (exact) mass is 429 g/mol. The Hall–Kier alpha value is -1.85. The number of imidazole rings is 1.